The lowest BCUT2D eigenvalue weighted by Gasteiger charge is -2.13. The molecule has 0 spiro atoms. The Kier molecular flexibility index (Phi) is 4.85. The number of hydrogen-bond acceptors (Lipinski definition) is 3. The Morgan fingerprint density at radius 2 is 2.24 bits per heavy atom. The van der Waals surface area contributed by atoms with E-state index in [4.69, 9.17) is 21.4 Å². The molecule has 21 heavy (non-hydrogen) atoms. The second kappa shape index (κ2) is 6.63. The van der Waals surface area contributed by atoms with Crippen LogP contribution in [0.4, 0.5) is 0 Å². The van der Waals surface area contributed by atoms with Crippen LogP contribution in [0.15, 0.2) is 24.3 Å². The van der Waals surface area contributed by atoms with Gasteiger partial charge in [0.05, 0.1) is 13.0 Å². The van der Waals surface area contributed by atoms with E-state index in [1.165, 1.54) is 11.0 Å². The summed E-state index contributed by atoms with van der Waals surface area (Å²) < 4.78 is 5.19. The van der Waals surface area contributed by atoms with E-state index in [1.807, 2.05) is 0 Å². The topological polar surface area (TPSA) is 66.8 Å². The van der Waals surface area contributed by atoms with Crippen molar-refractivity contribution in [1.82, 2.24) is 4.90 Å². The molecule has 1 unspecified atom stereocenters. The van der Waals surface area contributed by atoms with Gasteiger partial charge in [0.15, 0.2) is 0 Å². The average Bonchev–Trinajstić information content (AvgIpc) is 2.95. The minimum atomic E-state index is -0.856. The molecule has 1 saturated heterocycles. The van der Waals surface area contributed by atoms with Crippen LogP contribution in [0.1, 0.15) is 12.0 Å². The van der Waals surface area contributed by atoms with Gasteiger partial charge in [0.2, 0.25) is 5.91 Å². The number of halogens is 1. The van der Waals surface area contributed by atoms with Gasteiger partial charge in [0.25, 0.3) is 0 Å². The van der Waals surface area contributed by atoms with E-state index < -0.39 is 11.9 Å². The highest BCUT2D eigenvalue weighted by Gasteiger charge is 2.29. The van der Waals surface area contributed by atoms with Gasteiger partial charge in [-0.2, -0.15) is 0 Å². The predicted molar refractivity (Wildman–Crippen MR) is 79.4 cm³/mol. The largest absolute Gasteiger partial charge is 0.496 e. The summed E-state index contributed by atoms with van der Waals surface area (Å²) in [5.74, 6) is -0.914. The molecule has 112 valence electrons. The molecule has 1 amide bonds. The summed E-state index contributed by atoms with van der Waals surface area (Å²) in [6, 6.07) is 5.13. The number of likely N-dealkylation sites (tertiary alicyclic amines) is 1. The monoisotopic (exact) mass is 309 g/mol. The van der Waals surface area contributed by atoms with Crippen LogP contribution < -0.4 is 4.74 Å². The Labute approximate surface area is 127 Å². The first-order chi connectivity index (χ1) is 10.0. The molecule has 1 aliphatic rings. The molecule has 0 aliphatic carbocycles. The van der Waals surface area contributed by atoms with Crippen molar-refractivity contribution in [3.63, 3.8) is 0 Å². The van der Waals surface area contributed by atoms with Crippen LogP contribution in [0.2, 0.25) is 5.02 Å². The van der Waals surface area contributed by atoms with E-state index in [-0.39, 0.29) is 12.5 Å². The third-order valence-corrected chi connectivity index (χ3v) is 3.68. The third kappa shape index (κ3) is 3.76. The van der Waals surface area contributed by atoms with Gasteiger partial charge in [-0.25, -0.2) is 0 Å². The lowest BCUT2D eigenvalue weighted by Crippen LogP contribution is -2.28. The zero-order valence-corrected chi connectivity index (χ0v) is 12.3. The van der Waals surface area contributed by atoms with E-state index >= 15 is 0 Å². The molecule has 1 aromatic rings. The molecule has 1 heterocycles. The minimum absolute atomic E-state index is 0.208. The number of carbonyl (C=O) groups is 2. The molecule has 2 rings (SSSR count). The second-order valence-electron chi connectivity index (χ2n) is 4.83. The molecule has 1 fully saturated rings. The normalized spacial score (nSPS) is 18.2. The molecule has 1 aromatic carbocycles. The lowest BCUT2D eigenvalue weighted by molar-refractivity contribution is -0.141. The van der Waals surface area contributed by atoms with Crippen molar-refractivity contribution in [1.29, 1.82) is 0 Å². The van der Waals surface area contributed by atoms with Crippen molar-refractivity contribution >= 4 is 29.6 Å². The Morgan fingerprint density at radius 1 is 1.48 bits per heavy atom. The fraction of sp³-hybridized carbons (Fsp3) is 0.333. The van der Waals surface area contributed by atoms with Gasteiger partial charge >= 0.3 is 5.97 Å². The standard InChI is InChI=1S/C15H16ClNO4/c1-21-13-4-3-12(16)8-10(13)2-5-14(18)17-7-6-11(9-17)15(19)20/h2-5,8,11H,6-7,9H2,1H3,(H,19,20)/b5-2+. The zero-order valence-electron chi connectivity index (χ0n) is 11.6. The molecule has 0 radical (unpaired) electrons. The molecule has 0 aromatic heterocycles. The number of rotatable bonds is 4. The molecular formula is C15H16ClNO4. The van der Waals surface area contributed by atoms with E-state index in [0.29, 0.717) is 29.3 Å². The first-order valence-electron chi connectivity index (χ1n) is 6.54. The van der Waals surface area contributed by atoms with Gasteiger partial charge in [-0.05, 0) is 30.7 Å². The van der Waals surface area contributed by atoms with Crippen molar-refractivity contribution < 1.29 is 19.4 Å². The van der Waals surface area contributed by atoms with Gasteiger partial charge in [0.1, 0.15) is 5.75 Å². The molecule has 1 N–H and O–H groups in total. The van der Waals surface area contributed by atoms with Crippen LogP contribution in [0.5, 0.6) is 5.75 Å². The maximum Gasteiger partial charge on any atom is 0.308 e. The number of amides is 1. The number of carboxylic acids is 1. The molecule has 1 atom stereocenters. The molecule has 1 aliphatic heterocycles. The second-order valence-corrected chi connectivity index (χ2v) is 5.26. The summed E-state index contributed by atoms with van der Waals surface area (Å²) in [5, 5.41) is 9.48. The van der Waals surface area contributed by atoms with Crippen LogP contribution in [-0.4, -0.2) is 42.1 Å². The number of carbonyl (C=O) groups excluding carboxylic acids is 1. The maximum absolute atomic E-state index is 12.0. The highest BCUT2D eigenvalue weighted by molar-refractivity contribution is 6.30. The minimum Gasteiger partial charge on any atom is -0.496 e. The van der Waals surface area contributed by atoms with Gasteiger partial charge in [-0.3, -0.25) is 9.59 Å². The first kappa shape index (κ1) is 15.4. The Bertz CT molecular complexity index is 585. The number of ether oxygens (including phenoxy) is 1. The number of methoxy groups -OCH3 is 1. The summed E-state index contributed by atoms with van der Waals surface area (Å²) >= 11 is 5.92. The van der Waals surface area contributed by atoms with Crippen LogP contribution in [0.25, 0.3) is 6.08 Å². The molecule has 5 nitrogen and oxygen atoms in total. The summed E-state index contributed by atoms with van der Waals surface area (Å²) in [5.41, 5.74) is 0.701. The molecule has 6 heteroatoms. The van der Waals surface area contributed by atoms with Crippen molar-refractivity contribution in [3.8, 4) is 5.75 Å². The summed E-state index contributed by atoms with van der Waals surface area (Å²) in [4.78, 5) is 24.5. The van der Waals surface area contributed by atoms with Crippen LogP contribution in [-0.2, 0) is 9.59 Å². The number of hydrogen-bond donors (Lipinski definition) is 1. The summed E-state index contributed by atoms with van der Waals surface area (Å²) in [6.07, 6.45) is 3.54. The Balaban J connectivity index is 2.06. The average molecular weight is 310 g/mol. The highest BCUT2D eigenvalue weighted by Crippen LogP contribution is 2.24. The quantitative estimate of drug-likeness (QED) is 0.867. The lowest BCUT2D eigenvalue weighted by atomic mass is 10.1. The first-order valence-corrected chi connectivity index (χ1v) is 6.92. The maximum atomic E-state index is 12.0. The zero-order chi connectivity index (χ0) is 15.4. The molecular weight excluding hydrogens is 294 g/mol. The highest BCUT2D eigenvalue weighted by atomic mass is 35.5. The number of aliphatic carboxylic acids is 1. The van der Waals surface area contributed by atoms with E-state index in [9.17, 15) is 9.59 Å². The Morgan fingerprint density at radius 3 is 2.86 bits per heavy atom. The Hall–Kier alpha value is -2.01. The van der Waals surface area contributed by atoms with E-state index in [0.717, 1.165) is 0 Å². The third-order valence-electron chi connectivity index (χ3n) is 3.45. The summed E-state index contributed by atoms with van der Waals surface area (Å²) in [6.45, 7) is 0.720. The fourth-order valence-electron chi connectivity index (χ4n) is 2.26. The van der Waals surface area contributed by atoms with Crippen LogP contribution >= 0.6 is 11.6 Å². The van der Waals surface area contributed by atoms with Crippen LogP contribution in [0, 0.1) is 5.92 Å². The van der Waals surface area contributed by atoms with Gasteiger partial charge in [0, 0.05) is 29.8 Å². The SMILES string of the molecule is COc1ccc(Cl)cc1/C=C/C(=O)N1CCC(C(=O)O)C1. The van der Waals surface area contributed by atoms with E-state index in [1.54, 1.807) is 31.4 Å². The fourth-order valence-corrected chi connectivity index (χ4v) is 2.44. The van der Waals surface area contributed by atoms with Crippen molar-refractivity contribution in [2.45, 2.75) is 6.42 Å². The molecule has 0 saturated carbocycles. The van der Waals surface area contributed by atoms with Crippen molar-refractivity contribution in [3.05, 3.63) is 34.9 Å². The number of nitrogens with zero attached hydrogens (tertiary/aromatic N) is 1. The number of carboxylic acid groups (broad SMARTS) is 1. The van der Waals surface area contributed by atoms with Crippen molar-refractivity contribution in [2.75, 3.05) is 20.2 Å². The van der Waals surface area contributed by atoms with Gasteiger partial charge in [-0.1, -0.05) is 11.6 Å². The van der Waals surface area contributed by atoms with Gasteiger partial charge < -0.3 is 14.7 Å². The van der Waals surface area contributed by atoms with Crippen molar-refractivity contribution in [2.24, 2.45) is 5.92 Å². The predicted octanol–water partition coefficient (Wildman–Crippen LogP) is 2.29. The molecule has 0 bridgehead atoms. The smallest absolute Gasteiger partial charge is 0.308 e. The number of benzene rings is 1. The summed E-state index contributed by atoms with van der Waals surface area (Å²) in [7, 11) is 1.54. The van der Waals surface area contributed by atoms with E-state index in [2.05, 4.69) is 0 Å². The van der Waals surface area contributed by atoms with Gasteiger partial charge in [-0.15, -0.1) is 0 Å². The van der Waals surface area contributed by atoms with Crippen LogP contribution in [0.3, 0.4) is 0 Å².